The molecule has 1 N–H and O–H groups in total. The Bertz CT molecular complexity index is 689. The smallest absolute Gasteiger partial charge is 0.310 e. The molecule has 22 heavy (non-hydrogen) atoms. The summed E-state index contributed by atoms with van der Waals surface area (Å²) in [5.41, 5.74) is 0.855. The topological polar surface area (TPSA) is 68.3 Å². The number of methoxy groups -OCH3 is 1. The molecule has 0 atom stereocenters. The summed E-state index contributed by atoms with van der Waals surface area (Å²) in [5.74, 6) is -0.302. The number of aromatic nitrogens is 1. The number of thiophene rings is 1. The molecule has 0 saturated carbocycles. The Morgan fingerprint density at radius 1 is 1.36 bits per heavy atom. The minimum atomic E-state index is -0.237. The number of carbonyl (C=O) groups excluding carboxylic acids is 2. The maximum Gasteiger partial charge on any atom is 0.310 e. The fraction of sp³-hybridized carbons (Fsp3) is 0.267. The molecule has 0 saturated heterocycles. The monoisotopic (exact) mass is 336 g/mol. The summed E-state index contributed by atoms with van der Waals surface area (Å²) in [4.78, 5) is 28.5. The van der Waals surface area contributed by atoms with Gasteiger partial charge in [-0.1, -0.05) is 0 Å². The number of amides is 1. The molecule has 0 aliphatic rings. The van der Waals surface area contributed by atoms with Crippen molar-refractivity contribution in [2.45, 2.75) is 19.9 Å². The van der Waals surface area contributed by atoms with Gasteiger partial charge in [-0.2, -0.15) is 0 Å². The first-order valence-corrected chi connectivity index (χ1v) is 8.29. The van der Waals surface area contributed by atoms with Crippen LogP contribution in [-0.2, 0) is 27.3 Å². The molecular formula is C15H16N2O3S2. The quantitative estimate of drug-likeness (QED) is 0.824. The number of hydrogen-bond donors (Lipinski definition) is 1. The summed E-state index contributed by atoms with van der Waals surface area (Å²) in [6.07, 6.45) is 4.18. The van der Waals surface area contributed by atoms with Gasteiger partial charge >= 0.3 is 5.97 Å². The number of esters is 1. The third-order valence-electron chi connectivity index (χ3n) is 2.71. The zero-order chi connectivity index (χ0) is 15.9. The Balaban J connectivity index is 1.94. The zero-order valence-electron chi connectivity index (χ0n) is 12.3. The molecule has 5 nitrogen and oxygen atoms in total. The highest BCUT2D eigenvalue weighted by Gasteiger charge is 2.05. The Hall–Kier alpha value is -1.99. The Morgan fingerprint density at radius 3 is 2.91 bits per heavy atom. The number of ether oxygens (including phenoxy) is 1. The van der Waals surface area contributed by atoms with Gasteiger partial charge in [0.1, 0.15) is 5.01 Å². The highest BCUT2D eigenvalue weighted by atomic mass is 32.1. The van der Waals surface area contributed by atoms with E-state index in [-0.39, 0.29) is 11.9 Å². The van der Waals surface area contributed by atoms with Crippen LogP contribution in [0.1, 0.15) is 27.4 Å². The average molecular weight is 336 g/mol. The van der Waals surface area contributed by atoms with E-state index in [4.69, 9.17) is 0 Å². The molecule has 2 heterocycles. The van der Waals surface area contributed by atoms with Gasteiger partial charge < -0.3 is 10.1 Å². The van der Waals surface area contributed by atoms with Gasteiger partial charge in [-0.05, 0) is 24.3 Å². The minimum absolute atomic E-state index is 0.0657. The highest BCUT2D eigenvalue weighted by Crippen LogP contribution is 2.20. The van der Waals surface area contributed by atoms with Crippen LogP contribution in [0.2, 0.25) is 0 Å². The Kier molecular flexibility index (Phi) is 5.85. The molecule has 0 aromatic carbocycles. The Morgan fingerprint density at radius 2 is 2.18 bits per heavy atom. The predicted molar refractivity (Wildman–Crippen MR) is 88.6 cm³/mol. The van der Waals surface area contributed by atoms with Crippen LogP contribution in [0.4, 0.5) is 0 Å². The molecule has 2 rings (SSSR count). The lowest BCUT2D eigenvalue weighted by Gasteiger charge is -1.95. The van der Waals surface area contributed by atoms with E-state index in [1.807, 2.05) is 29.7 Å². The second-order valence-corrected chi connectivity index (χ2v) is 6.61. The van der Waals surface area contributed by atoms with Crippen LogP contribution in [0.15, 0.2) is 17.5 Å². The van der Waals surface area contributed by atoms with Gasteiger partial charge in [0.15, 0.2) is 0 Å². The largest absolute Gasteiger partial charge is 0.469 e. The van der Waals surface area contributed by atoms with Gasteiger partial charge in [-0.15, -0.1) is 22.7 Å². The van der Waals surface area contributed by atoms with Crippen LogP contribution in [0.3, 0.4) is 0 Å². The van der Waals surface area contributed by atoms with E-state index in [9.17, 15) is 9.59 Å². The first-order valence-electron chi connectivity index (χ1n) is 6.59. The number of nitrogens with one attached hydrogen (secondary N) is 1. The molecule has 0 fully saturated rings. The lowest BCUT2D eigenvalue weighted by atomic mass is 10.3. The lowest BCUT2D eigenvalue weighted by molar-refractivity contribution is -0.139. The van der Waals surface area contributed by atoms with Crippen molar-refractivity contribution in [1.29, 1.82) is 0 Å². The molecule has 2 aromatic rings. The van der Waals surface area contributed by atoms with E-state index in [1.165, 1.54) is 25.4 Å². The van der Waals surface area contributed by atoms with Crippen molar-refractivity contribution < 1.29 is 14.3 Å². The summed E-state index contributed by atoms with van der Waals surface area (Å²) in [5, 5.41) is 5.53. The van der Waals surface area contributed by atoms with E-state index in [2.05, 4.69) is 15.0 Å². The zero-order valence-corrected chi connectivity index (χ0v) is 13.9. The third kappa shape index (κ3) is 5.09. The van der Waals surface area contributed by atoms with E-state index in [0.29, 0.717) is 13.0 Å². The van der Waals surface area contributed by atoms with Crippen molar-refractivity contribution in [1.82, 2.24) is 10.3 Å². The van der Waals surface area contributed by atoms with Crippen LogP contribution in [0.5, 0.6) is 0 Å². The number of carbonyl (C=O) groups is 2. The van der Waals surface area contributed by atoms with Crippen molar-refractivity contribution in [3.8, 4) is 0 Å². The first-order chi connectivity index (χ1) is 10.6. The summed E-state index contributed by atoms with van der Waals surface area (Å²) < 4.78 is 4.65. The second-order valence-electron chi connectivity index (χ2n) is 4.47. The maximum atomic E-state index is 11.2. The van der Waals surface area contributed by atoms with Crippen LogP contribution in [0, 0.1) is 0 Å². The standard InChI is InChI=1S/C15H16N2O3S2/c1-10(18)16-8-14-17-11(9-21-14)3-4-12-5-6-13(22-12)7-15(19)20-2/h3-6,9H,7-8H2,1-2H3,(H,16,18)/b4-3-. The first kappa shape index (κ1) is 16.4. The number of thiazole rings is 1. The molecule has 7 heteroatoms. The SMILES string of the molecule is COC(=O)Cc1ccc(/C=C\c2csc(CNC(C)=O)n2)s1. The molecule has 0 bridgehead atoms. The highest BCUT2D eigenvalue weighted by molar-refractivity contribution is 7.13. The molecule has 0 aliphatic carbocycles. The second kappa shape index (κ2) is 7.86. The normalized spacial score (nSPS) is 10.8. The number of hydrogen-bond acceptors (Lipinski definition) is 6. The number of nitrogens with zero attached hydrogens (tertiary/aromatic N) is 1. The van der Waals surface area contributed by atoms with E-state index in [0.717, 1.165) is 20.5 Å². The molecule has 0 aliphatic heterocycles. The summed E-state index contributed by atoms with van der Waals surface area (Å²) in [6, 6.07) is 3.88. The molecule has 2 aromatic heterocycles. The maximum absolute atomic E-state index is 11.2. The number of rotatable bonds is 6. The van der Waals surface area contributed by atoms with E-state index in [1.54, 1.807) is 11.3 Å². The summed E-state index contributed by atoms with van der Waals surface area (Å²) in [6.45, 7) is 1.94. The summed E-state index contributed by atoms with van der Waals surface area (Å²) in [7, 11) is 1.39. The molecule has 1 amide bonds. The van der Waals surface area contributed by atoms with Gasteiger partial charge in [0.2, 0.25) is 5.91 Å². The van der Waals surface area contributed by atoms with Crippen LogP contribution in [0.25, 0.3) is 12.2 Å². The third-order valence-corrected chi connectivity index (χ3v) is 4.62. The molecule has 0 radical (unpaired) electrons. The minimum Gasteiger partial charge on any atom is -0.469 e. The van der Waals surface area contributed by atoms with Gasteiger partial charge in [-0.3, -0.25) is 9.59 Å². The van der Waals surface area contributed by atoms with E-state index < -0.39 is 0 Å². The lowest BCUT2D eigenvalue weighted by Crippen LogP contribution is -2.18. The fourth-order valence-corrected chi connectivity index (χ4v) is 3.25. The molecule has 116 valence electrons. The fourth-order valence-electron chi connectivity index (χ4n) is 1.64. The Labute approximate surface area is 136 Å². The summed E-state index contributed by atoms with van der Waals surface area (Å²) >= 11 is 3.06. The molecule has 0 spiro atoms. The predicted octanol–water partition coefficient (Wildman–Crippen LogP) is 2.73. The van der Waals surface area contributed by atoms with Gasteiger partial charge in [0.05, 0.1) is 25.8 Å². The van der Waals surface area contributed by atoms with Gasteiger partial charge in [0.25, 0.3) is 0 Å². The van der Waals surface area contributed by atoms with E-state index >= 15 is 0 Å². The van der Waals surface area contributed by atoms with Crippen molar-refractivity contribution in [3.05, 3.63) is 38.0 Å². The van der Waals surface area contributed by atoms with Crippen LogP contribution in [-0.4, -0.2) is 24.0 Å². The van der Waals surface area contributed by atoms with Crippen molar-refractivity contribution >= 4 is 46.7 Å². The molecule has 0 unspecified atom stereocenters. The van der Waals surface area contributed by atoms with Gasteiger partial charge in [-0.25, -0.2) is 4.98 Å². The molecular weight excluding hydrogens is 320 g/mol. The van der Waals surface area contributed by atoms with Crippen molar-refractivity contribution in [3.63, 3.8) is 0 Å². The van der Waals surface area contributed by atoms with Crippen LogP contribution < -0.4 is 5.32 Å². The van der Waals surface area contributed by atoms with Crippen molar-refractivity contribution in [2.24, 2.45) is 0 Å². The van der Waals surface area contributed by atoms with Crippen LogP contribution >= 0.6 is 22.7 Å². The van der Waals surface area contributed by atoms with Gasteiger partial charge in [0, 0.05) is 22.1 Å². The average Bonchev–Trinajstić information content (AvgIpc) is 3.12. The van der Waals surface area contributed by atoms with Crippen molar-refractivity contribution in [2.75, 3.05) is 7.11 Å².